The second-order valence-corrected chi connectivity index (χ2v) is 5.81. The van der Waals surface area contributed by atoms with Crippen molar-refractivity contribution in [1.29, 1.82) is 0 Å². The maximum Gasteiger partial charge on any atom is 0.258 e. The molecular weight excluding hydrogens is 306 g/mol. The first-order valence-corrected chi connectivity index (χ1v) is 7.97. The molecule has 0 radical (unpaired) electrons. The van der Waals surface area contributed by atoms with E-state index in [1.165, 1.54) is 0 Å². The smallest absolute Gasteiger partial charge is 0.258 e. The van der Waals surface area contributed by atoms with Crippen molar-refractivity contribution in [2.24, 2.45) is 0 Å². The Bertz CT molecular complexity index is 709. The molecule has 1 aliphatic rings. The van der Waals surface area contributed by atoms with Gasteiger partial charge in [0.1, 0.15) is 18.5 Å². The van der Waals surface area contributed by atoms with E-state index in [0.29, 0.717) is 18.9 Å². The number of para-hydroxylation sites is 3. The number of carbonyl (C=O) groups excluding carboxylic acids is 1. The fraction of sp³-hybridized carbons (Fsp3) is 0.316. The highest BCUT2D eigenvalue weighted by Crippen LogP contribution is 2.30. The average molecular weight is 327 g/mol. The van der Waals surface area contributed by atoms with Crippen LogP contribution in [-0.2, 0) is 4.79 Å². The van der Waals surface area contributed by atoms with Crippen LogP contribution in [0.15, 0.2) is 42.5 Å². The van der Waals surface area contributed by atoms with Gasteiger partial charge in [0.15, 0.2) is 18.1 Å². The van der Waals surface area contributed by atoms with Gasteiger partial charge in [-0.25, -0.2) is 0 Å². The van der Waals surface area contributed by atoms with Gasteiger partial charge in [-0.3, -0.25) is 4.79 Å². The highest BCUT2D eigenvalue weighted by molar-refractivity contribution is 5.77. The third-order valence-electron chi connectivity index (χ3n) is 3.85. The summed E-state index contributed by atoms with van der Waals surface area (Å²) in [6, 6.07) is 13.4. The Hall–Kier alpha value is -2.69. The van der Waals surface area contributed by atoms with Crippen LogP contribution in [-0.4, -0.2) is 31.8 Å². The van der Waals surface area contributed by atoms with Crippen LogP contribution in [0, 0.1) is 13.8 Å². The summed E-state index contributed by atoms with van der Waals surface area (Å²) in [6.07, 6.45) is -0.205. The van der Waals surface area contributed by atoms with E-state index in [1.807, 2.05) is 56.3 Å². The third kappa shape index (κ3) is 3.79. The molecule has 0 aliphatic carbocycles. The van der Waals surface area contributed by atoms with Crippen LogP contribution in [0.1, 0.15) is 11.1 Å². The Morgan fingerprint density at radius 1 is 1.12 bits per heavy atom. The largest absolute Gasteiger partial charge is 0.486 e. The number of rotatable bonds is 5. The van der Waals surface area contributed by atoms with Crippen molar-refractivity contribution >= 4 is 5.91 Å². The van der Waals surface area contributed by atoms with E-state index in [9.17, 15) is 4.79 Å². The molecular formula is C19H21NO4. The van der Waals surface area contributed by atoms with E-state index in [4.69, 9.17) is 14.2 Å². The zero-order chi connectivity index (χ0) is 16.9. The first kappa shape index (κ1) is 16.2. The van der Waals surface area contributed by atoms with Gasteiger partial charge in [0.2, 0.25) is 0 Å². The molecule has 2 aromatic rings. The van der Waals surface area contributed by atoms with E-state index in [1.54, 1.807) is 0 Å². The predicted octanol–water partition coefficient (Wildman–Crippen LogP) is 2.64. The van der Waals surface area contributed by atoms with Crippen LogP contribution < -0.4 is 19.5 Å². The number of amides is 1. The number of fused-ring (bicyclic) bond motifs is 1. The number of hydrogen-bond donors (Lipinski definition) is 1. The Labute approximate surface area is 141 Å². The number of nitrogens with one attached hydrogen (secondary N) is 1. The summed E-state index contributed by atoms with van der Waals surface area (Å²) in [7, 11) is 0. The number of carbonyl (C=O) groups is 1. The molecule has 2 aromatic carbocycles. The zero-order valence-electron chi connectivity index (χ0n) is 13.9. The molecule has 3 rings (SSSR count). The van der Waals surface area contributed by atoms with Crippen molar-refractivity contribution < 1.29 is 19.0 Å². The maximum atomic E-state index is 12.0. The van der Waals surface area contributed by atoms with Crippen molar-refractivity contribution in [2.75, 3.05) is 19.8 Å². The van der Waals surface area contributed by atoms with Gasteiger partial charge in [-0.1, -0.05) is 30.3 Å². The van der Waals surface area contributed by atoms with Crippen molar-refractivity contribution in [3.8, 4) is 17.2 Å². The van der Waals surface area contributed by atoms with Gasteiger partial charge in [0, 0.05) is 0 Å². The molecule has 0 saturated carbocycles. The van der Waals surface area contributed by atoms with E-state index >= 15 is 0 Å². The molecule has 5 nitrogen and oxygen atoms in total. The highest BCUT2D eigenvalue weighted by atomic mass is 16.6. The maximum absolute atomic E-state index is 12.0. The van der Waals surface area contributed by atoms with Gasteiger partial charge < -0.3 is 19.5 Å². The monoisotopic (exact) mass is 327 g/mol. The SMILES string of the molecule is Cc1cccc(C)c1OCC(=O)NC[C@@H]1COc2ccccc2O1. The Morgan fingerprint density at radius 2 is 1.83 bits per heavy atom. The van der Waals surface area contributed by atoms with Crippen LogP contribution in [0.5, 0.6) is 17.2 Å². The molecule has 0 saturated heterocycles. The normalized spacial score (nSPS) is 15.7. The van der Waals surface area contributed by atoms with Gasteiger partial charge in [0.25, 0.3) is 5.91 Å². The Morgan fingerprint density at radius 3 is 2.58 bits per heavy atom. The zero-order valence-corrected chi connectivity index (χ0v) is 13.9. The summed E-state index contributed by atoms with van der Waals surface area (Å²) < 4.78 is 17.1. The topological polar surface area (TPSA) is 56.8 Å². The number of aryl methyl sites for hydroxylation is 2. The number of hydrogen-bond acceptors (Lipinski definition) is 4. The molecule has 24 heavy (non-hydrogen) atoms. The van der Waals surface area contributed by atoms with E-state index in [0.717, 1.165) is 22.6 Å². The standard InChI is InChI=1S/C19H21NO4/c1-13-6-5-7-14(2)19(13)23-12-18(21)20-10-15-11-22-16-8-3-4-9-17(16)24-15/h3-9,15H,10-12H2,1-2H3,(H,20,21)/t15-/m1/s1. The van der Waals surface area contributed by atoms with Gasteiger partial charge in [-0.2, -0.15) is 0 Å². The second kappa shape index (κ2) is 7.25. The molecule has 126 valence electrons. The lowest BCUT2D eigenvalue weighted by Crippen LogP contribution is -2.42. The molecule has 0 spiro atoms. The minimum absolute atomic E-state index is 0.0180. The Kier molecular flexibility index (Phi) is 4.89. The first-order chi connectivity index (χ1) is 11.6. The summed E-state index contributed by atoms with van der Waals surface area (Å²) in [5, 5.41) is 2.82. The van der Waals surface area contributed by atoms with Gasteiger partial charge in [-0.05, 0) is 37.1 Å². The van der Waals surface area contributed by atoms with Crippen LogP contribution in [0.2, 0.25) is 0 Å². The summed E-state index contributed by atoms with van der Waals surface area (Å²) in [4.78, 5) is 12.0. The molecule has 0 aromatic heterocycles. The van der Waals surface area contributed by atoms with E-state index in [-0.39, 0.29) is 18.6 Å². The predicted molar refractivity (Wildman–Crippen MR) is 90.8 cm³/mol. The second-order valence-electron chi connectivity index (χ2n) is 5.81. The molecule has 0 unspecified atom stereocenters. The van der Waals surface area contributed by atoms with Crippen LogP contribution in [0.3, 0.4) is 0 Å². The quantitative estimate of drug-likeness (QED) is 0.917. The molecule has 1 heterocycles. The lowest BCUT2D eigenvalue weighted by atomic mass is 10.1. The van der Waals surface area contributed by atoms with Crippen molar-refractivity contribution in [3.63, 3.8) is 0 Å². The van der Waals surface area contributed by atoms with Crippen molar-refractivity contribution in [1.82, 2.24) is 5.32 Å². The fourth-order valence-corrected chi connectivity index (χ4v) is 2.61. The summed E-state index contributed by atoms with van der Waals surface area (Å²) in [6.45, 7) is 4.70. The van der Waals surface area contributed by atoms with Crippen LogP contribution in [0.4, 0.5) is 0 Å². The van der Waals surface area contributed by atoms with Crippen molar-refractivity contribution in [3.05, 3.63) is 53.6 Å². The fourth-order valence-electron chi connectivity index (χ4n) is 2.61. The van der Waals surface area contributed by atoms with E-state index in [2.05, 4.69) is 5.32 Å². The first-order valence-electron chi connectivity index (χ1n) is 7.97. The van der Waals surface area contributed by atoms with Crippen molar-refractivity contribution in [2.45, 2.75) is 20.0 Å². The molecule has 1 N–H and O–H groups in total. The number of benzene rings is 2. The molecule has 1 amide bonds. The lowest BCUT2D eigenvalue weighted by Gasteiger charge is -2.26. The molecule has 1 atom stereocenters. The molecule has 1 aliphatic heterocycles. The summed E-state index contributed by atoms with van der Waals surface area (Å²) in [5.41, 5.74) is 2.03. The number of ether oxygens (including phenoxy) is 3. The molecule has 0 bridgehead atoms. The summed E-state index contributed by atoms with van der Waals surface area (Å²) >= 11 is 0. The minimum Gasteiger partial charge on any atom is -0.486 e. The third-order valence-corrected chi connectivity index (χ3v) is 3.85. The molecule has 0 fully saturated rings. The lowest BCUT2D eigenvalue weighted by molar-refractivity contribution is -0.123. The van der Waals surface area contributed by atoms with Crippen LogP contribution >= 0.6 is 0 Å². The van der Waals surface area contributed by atoms with Gasteiger partial charge in [-0.15, -0.1) is 0 Å². The average Bonchev–Trinajstić information content (AvgIpc) is 2.59. The van der Waals surface area contributed by atoms with Crippen LogP contribution in [0.25, 0.3) is 0 Å². The minimum atomic E-state index is -0.205. The highest BCUT2D eigenvalue weighted by Gasteiger charge is 2.21. The Balaban J connectivity index is 1.47. The van der Waals surface area contributed by atoms with Gasteiger partial charge >= 0.3 is 0 Å². The summed E-state index contributed by atoms with van der Waals surface area (Å²) in [5.74, 6) is 2.02. The van der Waals surface area contributed by atoms with Gasteiger partial charge in [0.05, 0.1) is 6.54 Å². The van der Waals surface area contributed by atoms with E-state index < -0.39 is 0 Å². The molecule has 5 heteroatoms.